The maximum absolute atomic E-state index is 12.3. The Morgan fingerprint density at radius 1 is 1.10 bits per heavy atom. The summed E-state index contributed by atoms with van der Waals surface area (Å²) in [7, 11) is -3.73. The lowest BCUT2D eigenvalue weighted by atomic mass is 10.1. The Balaban J connectivity index is 2.41. The lowest BCUT2D eigenvalue weighted by molar-refractivity contribution is 0.601. The number of hydrogen-bond acceptors (Lipinski definition) is 3. The molecule has 0 atom stereocenters. The molecule has 3 N–H and O–H groups in total. The summed E-state index contributed by atoms with van der Waals surface area (Å²) in [5.74, 6) is 0. The van der Waals surface area contributed by atoms with E-state index in [1.807, 2.05) is 26.0 Å². The molecule has 0 saturated heterocycles. The molecule has 0 amide bonds. The van der Waals surface area contributed by atoms with Gasteiger partial charge in [-0.1, -0.05) is 29.3 Å². The van der Waals surface area contributed by atoms with Crippen molar-refractivity contribution in [1.82, 2.24) is 0 Å². The van der Waals surface area contributed by atoms with Gasteiger partial charge in [-0.25, -0.2) is 8.42 Å². The molecule has 2 rings (SSSR count). The first-order valence-electron chi connectivity index (χ1n) is 5.95. The predicted molar refractivity (Wildman–Crippen MR) is 82.6 cm³/mol. The van der Waals surface area contributed by atoms with Gasteiger partial charge in [-0.2, -0.15) is 0 Å². The number of halogens is 1. The van der Waals surface area contributed by atoms with E-state index in [0.29, 0.717) is 11.4 Å². The molecule has 106 valence electrons. The van der Waals surface area contributed by atoms with Gasteiger partial charge in [0.15, 0.2) is 0 Å². The lowest BCUT2D eigenvalue weighted by Crippen LogP contribution is -2.14. The second kappa shape index (κ2) is 5.34. The third-order valence-electron chi connectivity index (χ3n) is 2.87. The molecule has 0 unspecified atom stereocenters. The van der Waals surface area contributed by atoms with E-state index in [9.17, 15) is 8.42 Å². The molecule has 0 fully saturated rings. The van der Waals surface area contributed by atoms with Crippen LogP contribution in [0.2, 0.25) is 5.02 Å². The van der Waals surface area contributed by atoms with Crippen LogP contribution in [-0.4, -0.2) is 8.42 Å². The van der Waals surface area contributed by atoms with Gasteiger partial charge in [0.25, 0.3) is 10.0 Å². The Morgan fingerprint density at radius 3 is 2.40 bits per heavy atom. The van der Waals surface area contributed by atoms with Crippen molar-refractivity contribution in [3.63, 3.8) is 0 Å². The molecule has 20 heavy (non-hydrogen) atoms. The highest BCUT2D eigenvalue weighted by Crippen LogP contribution is 2.27. The Hall–Kier alpha value is -1.72. The van der Waals surface area contributed by atoms with E-state index in [1.54, 1.807) is 6.07 Å². The third-order valence-corrected chi connectivity index (χ3v) is 4.72. The smallest absolute Gasteiger partial charge is 0.263 e. The molecular weight excluding hydrogens is 296 g/mol. The normalized spacial score (nSPS) is 11.3. The fourth-order valence-corrected chi connectivity index (χ4v) is 3.55. The summed E-state index contributed by atoms with van der Waals surface area (Å²) in [5.41, 5.74) is 8.43. The molecule has 0 aliphatic heterocycles. The summed E-state index contributed by atoms with van der Waals surface area (Å²) in [6, 6.07) is 9.79. The number of nitrogens with two attached hydrogens (primary N) is 1. The average molecular weight is 311 g/mol. The van der Waals surface area contributed by atoms with Crippen LogP contribution in [0.3, 0.4) is 0 Å². The summed E-state index contributed by atoms with van der Waals surface area (Å²) in [6.07, 6.45) is 0. The molecule has 0 aliphatic rings. The van der Waals surface area contributed by atoms with Crippen molar-refractivity contribution in [1.29, 1.82) is 0 Å². The summed E-state index contributed by atoms with van der Waals surface area (Å²) in [4.78, 5) is 0.00772. The number of nitrogens with one attached hydrogen (secondary N) is 1. The van der Waals surface area contributed by atoms with Crippen LogP contribution in [0, 0.1) is 13.8 Å². The van der Waals surface area contributed by atoms with Crippen LogP contribution in [0.5, 0.6) is 0 Å². The van der Waals surface area contributed by atoms with E-state index in [1.165, 1.54) is 18.2 Å². The van der Waals surface area contributed by atoms with E-state index >= 15 is 0 Å². The van der Waals surface area contributed by atoms with Crippen LogP contribution in [-0.2, 0) is 10.0 Å². The first-order chi connectivity index (χ1) is 9.29. The van der Waals surface area contributed by atoms with Crippen molar-refractivity contribution in [3.8, 4) is 0 Å². The average Bonchev–Trinajstić information content (AvgIpc) is 2.32. The van der Waals surface area contributed by atoms with Gasteiger partial charge in [0.2, 0.25) is 0 Å². The Morgan fingerprint density at radius 2 is 1.80 bits per heavy atom. The topological polar surface area (TPSA) is 72.2 Å². The van der Waals surface area contributed by atoms with Crippen molar-refractivity contribution in [2.24, 2.45) is 0 Å². The van der Waals surface area contributed by atoms with Gasteiger partial charge in [-0.05, 0) is 43.7 Å². The number of rotatable bonds is 3. The van der Waals surface area contributed by atoms with Crippen LogP contribution in [0.15, 0.2) is 41.3 Å². The molecule has 0 aliphatic carbocycles. The summed E-state index contributed by atoms with van der Waals surface area (Å²) in [5, 5.41) is 0.0993. The highest BCUT2D eigenvalue weighted by Gasteiger charge is 2.18. The van der Waals surface area contributed by atoms with E-state index in [-0.39, 0.29) is 9.92 Å². The number of benzene rings is 2. The zero-order valence-corrected chi connectivity index (χ0v) is 12.7. The highest BCUT2D eigenvalue weighted by atomic mass is 35.5. The number of nitrogen functional groups attached to an aromatic ring is 1. The Kier molecular flexibility index (Phi) is 3.92. The Bertz CT molecular complexity index is 758. The van der Waals surface area contributed by atoms with Crippen LogP contribution in [0.4, 0.5) is 11.4 Å². The molecule has 6 heteroatoms. The van der Waals surface area contributed by atoms with Crippen molar-refractivity contribution in [2.45, 2.75) is 18.7 Å². The first-order valence-corrected chi connectivity index (χ1v) is 7.81. The van der Waals surface area contributed by atoms with Crippen LogP contribution in [0.25, 0.3) is 0 Å². The van der Waals surface area contributed by atoms with E-state index in [2.05, 4.69) is 4.72 Å². The van der Waals surface area contributed by atoms with Crippen molar-refractivity contribution in [3.05, 3.63) is 52.5 Å². The minimum Gasteiger partial charge on any atom is -0.399 e. The maximum Gasteiger partial charge on any atom is 0.263 e. The Labute approximate surface area is 123 Å². The summed E-state index contributed by atoms with van der Waals surface area (Å²) < 4.78 is 27.2. The lowest BCUT2D eigenvalue weighted by Gasteiger charge is -2.12. The van der Waals surface area contributed by atoms with Gasteiger partial charge >= 0.3 is 0 Å². The number of hydrogen-bond donors (Lipinski definition) is 2. The van der Waals surface area contributed by atoms with Crippen molar-refractivity contribution >= 4 is 33.0 Å². The van der Waals surface area contributed by atoms with E-state index in [0.717, 1.165) is 11.1 Å². The SMILES string of the molecule is Cc1ccc(NS(=O)(=O)c2ccc(N)cc2Cl)c(C)c1. The minimum atomic E-state index is -3.73. The quantitative estimate of drug-likeness (QED) is 0.854. The largest absolute Gasteiger partial charge is 0.399 e. The van der Waals surface area contributed by atoms with Gasteiger partial charge in [-0.3, -0.25) is 4.72 Å². The summed E-state index contributed by atoms with van der Waals surface area (Å²) in [6.45, 7) is 3.79. The number of sulfonamides is 1. The molecule has 2 aromatic rings. The molecule has 0 heterocycles. The molecule has 2 aromatic carbocycles. The molecule has 0 spiro atoms. The van der Waals surface area contributed by atoms with Crippen molar-refractivity contribution in [2.75, 3.05) is 10.5 Å². The zero-order chi connectivity index (χ0) is 14.9. The van der Waals surface area contributed by atoms with E-state index in [4.69, 9.17) is 17.3 Å². The van der Waals surface area contributed by atoms with Gasteiger partial charge in [0.1, 0.15) is 4.90 Å². The first kappa shape index (κ1) is 14.7. The van der Waals surface area contributed by atoms with Gasteiger partial charge in [0.05, 0.1) is 10.7 Å². The highest BCUT2D eigenvalue weighted by molar-refractivity contribution is 7.92. The zero-order valence-electron chi connectivity index (χ0n) is 11.1. The van der Waals surface area contributed by atoms with E-state index < -0.39 is 10.0 Å². The second-order valence-corrected chi connectivity index (χ2v) is 6.67. The summed E-state index contributed by atoms with van der Waals surface area (Å²) >= 11 is 5.95. The van der Waals surface area contributed by atoms with Crippen LogP contribution in [0.1, 0.15) is 11.1 Å². The molecule has 0 bridgehead atoms. The predicted octanol–water partition coefficient (Wildman–Crippen LogP) is 3.34. The van der Waals surface area contributed by atoms with Gasteiger partial charge in [0, 0.05) is 5.69 Å². The molecule has 0 saturated carbocycles. The van der Waals surface area contributed by atoms with Crippen molar-refractivity contribution < 1.29 is 8.42 Å². The molecular formula is C14H15ClN2O2S. The monoisotopic (exact) mass is 310 g/mol. The van der Waals surface area contributed by atoms with Gasteiger partial charge < -0.3 is 5.73 Å². The minimum absolute atomic E-state index is 0.00772. The molecule has 0 aromatic heterocycles. The van der Waals surface area contributed by atoms with Crippen LogP contribution < -0.4 is 10.5 Å². The number of anilines is 2. The third kappa shape index (κ3) is 3.05. The fraction of sp³-hybridized carbons (Fsp3) is 0.143. The maximum atomic E-state index is 12.3. The number of aryl methyl sites for hydroxylation is 2. The molecule has 0 radical (unpaired) electrons. The standard InChI is InChI=1S/C14H15ClN2O2S/c1-9-3-5-13(10(2)7-9)17-20(18,19)14-6-4-11(16)8-12(14)15/h3-8,17H,16H2,1-2H3. The fourth-order valence-electron chi connectivity index (χ4n) is 1.86. The molecule has 4 nitrogen and oxygen atoms in total. The van der Waals surface area contributed by atoms with Gasteiger partial charge in [-0.15, -0.1) is 0 Å². The second-order valence-electron chi connectivity index (χ2n) is 4.61. The van der Waals surface area contributed by atoms with Crippen LogP contribution >= 0.6 is 11.6 Å².